The summed E-state index contributed by atoms with van der Waals surface area (Å²) in [5.41, 5.74) is 4.00. The molecule has 0 radical (unpaired) electrons. The zero-order chi connectivity index (χ0) is 13.2. The summed E-state index contributed by atoms with van der Waals surface area (Å²) >= 11 is 0. The lowest BCUT2D eigenvalue weighted by Gasteiger charge is -2.26. The van der Waals surface area contributed by atoms with Crippen molar-refractivity contribution in [1.29, 1.82) is 0 Å². The van der Waals surface area contributed by atoms with E-state index in [0.29, 0.717) is 6.61 Å². The molecule has 0 amide bonds. The van der Waals surface area contributed by atoms with Gasteiger partial charge in [-0.3, -0.25) is 11.3 Å². The number of hydrazine groups is 1. The van der Waals surface area contributed by atoms with Crippen LogP contribution in [0.1, 0.15) is 38.4 Å². The predicted molar refractivity (Wildman–Crippen MR) is 74.6 cm³/mol. The van der Waals surface area contributed by atoms with Gasteiger partial charge < -0.3 is 4.74 Å². The highest BCUT2D eigenvalue weighted by Crippen LogP contribution is 2.23. The van der Waals surface area contributed by atoms with Crippen LogP contribution in [0.15, 0.2) is 30.3 Å². The van der Waals surface area contributed by atoms with Gasteiger partial charge in [-0.2, -0.15) is 0 Å². The fraction of sp³-hybridized carbons (Fsp3) is 0.467. The SMILES string of the molecule is CC#CCCC(NN)C(OCC)c1ccccc1. The van der Waals surface area contributed by atoms with E-state index in [0.717, 1.165) is 18.4 Å². The summed E-state index contributed by atoms with van der Waals surface area (Å²) in [5, 5.41) is 0. The highest BCUT2D eigenvalue weighted by atomic mass is 16.5. The smallest absolute Gasteiger partial charge is 0.0991 e. The molecule has 0 aliphatic carbocycles. The van der Waals surface area contributed by atoms with E-state index in [9.17, 15) is 0 Å². The molecule has 1 aromatic rings. The first-order chi connectivity index (χ1) is 8.83. The van der Waals surface area contributed by atoms with E-state index in [1.54, 1.807) is 0 Å². The summed E-state index contributed by atoms with van der Waals surface area (Å²) in [7, 11) is 0. The molecule has 0 aliphatic heterocycles. The first-order valence-electron chi connectivity index (χ1n) is 6.35. The van der Waals surface area contributed by atoms with E-state index < -0.39 is 0 Å². The van der Waals surface area contributed by atoms with Gasteiger partial charge in [0.25, 0.3) is 0 Å². The van der Waals surface area contributed by atoms with Crippen LogP contribution in [0, 0.1) is 11.8 Å². The van der Waals surface area contributed by atoms with Gasteiger partial charge in [-0.1, -0.05) is 30.3 Å². The van der Waals surface area contributed by atoms with E-state index in [-0.39, 0.29) is 12.1 Å². The summed E-state index contributed by atoms with van der Waals surface area (Å²) in [4.78, 5) is 0. The van der Waals surface area contributed by atoms with Gasteiger partial charge in [-0.05, 0) is 25.8 Å². The van der Waals surface area contributed by atoms with Crippen LogP contribution in [0.2, 0.25) is 0 Å². The first kappa shape index (κ1) is 14.7. The second kappa shape index (κ2) is 8.71. The molecular weight excluding hydrogens is 224 g/mol. The third-order valence-electron chi connectivity index (χ3n) is 2.81. The van der Waals surface area contributed by atoms with Gasteiger partial charge in [0.2, 0.25) is 0 Å². The molecule has 0 aromatic heterocycles. The lowest BCUT2D eigenvalue weighted by molar-refractivity contribution is 0.0312. The number of ether oxygens (including phenoxy) is 1. The molecule has 0 heterocycles. The van der Waals surface area contributed by atoms with Crippen LogP contribution in [0.4, 0.5) is 0 Å². The average molecular weight is 246 g/mol. The standard InChI is InChI=1S/C15H22N2O/c1-3-5-7-12-14(17-16)15(18-4-2)13-10-8-6-9-11-13/h6,8-11,14-15,17H,4,7,12,16H2,1-2H3. The number of nitrogens with two attached hydrogens (primary N) is 1. The molecule has 0 bridgehead atoms. The maximum absolute atomic E-state index is 5.82. The third kappa shape index (κ3) is 4.50. The fourth-order valence-corrected chi connectivity index (χ4v) is 1.94. The summed E-state index contributed by atoms with van der Waals surface area (Å²) in [6, 6.07) is 10.2. The fourth-order valence-electron chi connectivity index (χ4n) is 1.94. The van der Waals surface area contributed by atoms with E-state index in [2.05, 4.69) is 29.4 Å². The zero-order valence-corrected chi connectivity index (χ0v) is 11.1. The number of hydrogen-bond donors (Lipinski definition) is 2. The summed E-state index contributed by atoms with van der Waals surface area (Å²) < 4.78 is 5.82. The van der Waals surface area contributed by atoms with Crippen LogP contribution in [0.3, 0.4) is 0 Å². The van der Waals surface area contributed by atoms with Crippen LogP contribution in [0.5, 0.6) is 0 Å². The van der Waals surface area contributed by atoms with Gasteiger partial charge in [0, 0.05) is 13.0 Å². The molecule has 1 rings (SSSR count). The van der Waals surface area contributed by atoms with E-state index in [1.807, 2.05) is 32.0 Å². The normalized spacial score (nSPS) is 13.5. The van der Waals surface area contributed by atoms with Gasteiger partial charge >= 0.3 is 0 Å². The molecule has 3 N–H and O–H groups in total. The van der Waals surface area contributed by atoms with E-state index >= 15 is 0 Å². The van der Waals surface area contributed by atoms with Crippen LogP contribution >= 0.6 is 0 Å². The molecule has 0 spiro atoms. The molecule has 0 aliphatic rings. The molecule has 98 valence electrons. The third-order valence-corrected chi connectivity index (χ3v) is 2.81. The molecule has 0 saturated heterocycles. The van der Waals surface area contributed by atoms with Crippen LogP contribution < -0.4 is 11.3 Å². The number of hydrogen-bond acceptors (Lipinski definition) is 3. The van der Waals surface area contributed by atoms with Crippen LogP contribution in [-0.2, 0) is 4.74 Å². The Balaban J connectivity index is 2.76. The Bertz CT molecular complexity index is 380. The second-order valence-electron chi connectivity index (χ2n) is 4.03. The van der Waals surface area contributed by atoms with E-state index in [1.165, 1.54) is 0 Å². The van der Waals surface area contributed by atoms with Crippen LogP contribution in [0.25, 0.3) is 0 Å². The molecule has 3 nitrogen and oxygen atoms in total. The van der Waals surface area contributed by atoms with Crippen molar-refractivity contribution in [3.05, 3.63) is 35.9 Å². The van der Waals surface area contributed by atoms with Crippen molar-refractivity contribution in [1.82, 2.24) is 5.43 Å². The maximum atomic E-state index is 5.82. The van der Waals surface area contributed by atoms with Crippen LogP contribution in [-0.4, -0.2) is 12.6 Å². The Hall–Kier alpha value is -1.34. The minimum absolute atomic E-state index is 0.0279. The summed E-state index contributed by atoms with van der Waals surface area (Å²) in [5.74, 6) is 11.6. The van der Waals surface area contributed by atoms with Crippen molar-refractivity contribution in [3.8, 4) is 11.8 Å². The number of nitrogens with one attached hydrogen (secondary N) is 1. The van der Waals surface area contributed by atoms with Crippen molar-refractivity contribution in [2.75, 3.05) is 6.61 Å². The highest BCUT2D eigenvalue weighted by Gasteiger charge is 2.21. The summed E-state index contributed by atoms with van der Waals surface area (Å²) in [6.07, 6.45) is 1.67. The largest absolute Gasteiger partial charge is 0.372 e. The zero-order valence-electron chi connectivity index (χ0n) is 11.1. The molecule has 2 atom stereocenters. The van der Waals surface area contributed by atoms with Gasteiger partial charge in [0.15, 0.2) is 0 Å². The first-order valence-corrected chi connectivity index (χ1v) is 6.35. The van der Waals surface area contributed by atoms with Crippen molar-refractivity contribution in [2.45, 2.75) is 38.8 Å². The Morgan fingerprint density at radius 2 is 2.06 bits per heavy atom. The minimum Gasteiger partial charge on any atom is -0.372 e. The monoisotopic (exact) mass is 246 g/mol. The second-order valence-corrected chi connectivity index (χ2v) is 4.03. The Kier molecular flexibility index (Phi) is 7.12. The molecular formula is C15H22N2O. The summed E-state index contributed by atoms with van der Waals surface area (Å²) in [6.45, 7) is 4.51. The molecule has 0 saturated carbocycles. The van der Waals surface area contributed by atoms with Gasteiger partial charge in [-0.15, -0.1) is 11.8 Å². The van der Waals surface area contributed by atoms with Gasteiger partial charge in [-0.25, -0.2) is 0 Å². The highest BCUT2D eigenvalue weighted by molar-refractivity contribution is 5.19. The number of rotatable bonds is 7. The van der Waals surface area contributed by atoms with Crippen molar-refractivity contribution in [2.24, 2.45) is 5.84 Å². The average Bonchev–Trinajstić information content (AvgIpc) is 2.43. The lowest BCUT2D eigenvalue weighted by atomic mass is 9.99. The van der Waals surface area contributed by atoms with E-state index in [4.69, 9.17) is 10.6 Å². The number of benzene rings is 1. The molecule has 0 fully saturated rings. The molecule has 1 aromatic carbocycles. The Morgan fingerprint density at radius 3 is 2.61 bits per heavy atom. The van der Waals surface area contributed by atoms with Crippen molar-refractivity contribution < 1.29 is 4.74 Å². The quantitative estimate of drug-likeness (QED) is 0.441. The topological polar surface area (TPSA) is 47.3 Å². The maximum Gasteiger partial charge on any atom is 0.0991 e. The molecule has 2 unspecified atom stereocenters. The lowest BCUT2D eigenvalue weighted by Crippen LogP contribution is -2.40. The van der Waals surface area contributed by atoms with Gasteiger partial charge in [0.05, 0.1) is 12.1 Å². The van der Waals surface area contributed by atoms with Crippen molar-refractivity contribution >= 4 is 0 Å². The Labute approximate surface area is 110 Å². The molecule has 18 heavy (non-hydrogen) atoms. The van der Waals surface area contributed by atoms with Gasteiger partial charge in [0.1, 0.15) is 0 Å². The Morgan fingerprint density at radius 1 is 1.33 bits per heavy atom. The molecule has 3 heteroatoms. The minimum atomic E-state index is -0.0279. The predicted octanol–water partition coefficient (Wildman–Crippen LogP) is 2.40. The van der Waals surface area contributed by atoms with Crippen molar-refractivity contribution in [3.63, 3.8) is 0 Å².